The van der Waals surface area contributed by atoms with E-state index in [0.29, 0.717) is 17.0 Å². The van der Waals surface area contributed by atoms with E-state index in [4.69, 9.17) is 11.6 Å². The monoisotopic (exact) mass is 221 g/mol. The van der Waals surface area contributed by atoms with Crippen LogP contribution in [-0.4, -0.2) is 4.57 Å². The Morgan fingerprint density at radius 3 is 2.80 bits per heavy atom. The van der Waals surface area contributed by atoms with E-state index in [-0.39, 0.29) is 5.56 Å². The smallest absolute Gasteiger partial charge is 0.258 e. The van der Waals surface area contributed by atoms with Gasteiger partial charge in [-0.2, -0.15) is 0 Å². The van der Waals surface area contributed by atoms with Gasteiger partial charge >= 0.3 is 0 Å². The van der Waals surface area contributed by atoms with Gasteiger partial charge in [-0.05, 0) is 31.5 Å². The lowest BCUT2D eigenvalue weighted by Gasteiger charge is -2.08. The summed E-state index contributed by atoms with van der Waals surface area (Å²) in [7, 11) is 0. The van der Waals surface area contributed by atoms with Crippen LogP contribution in [0.2, 0.25) is 5.02 Å². The Balaban J connectivity index is 3.00. The lowest BCUT2D eigenvalue weighted by atomic mass is 10.1. The summed E-state index contributed by atoms with van der Waals surface area (Å²) in [6.07, 6.45) is 1.86. The second kappa shape index (κ2) is 3.70. The van der Waals surface area contributed by atoms with Crippen molar-refractivity contribution in [2.75, 3.05) is 0 Å². The molecule has 1 aromatic heterocycles. The molecule has 0 spiro atoms. The van der Waals surface area contributed by atoms with Crippen molar-refractivity contribution in [1.29, 1.82) is 0 Å². The average molecular weight is 222 g/mol. The lowest BCUT2D eigenvalue weighted by Crippen LogP contribution is -2.19. The van der Waals surface area contributed by atoms with E-state index in [0.717, 1.165) is 10.9 Å². The summed E-state index contributed by atoms with van der Waals surface area (Å²) in [5, 5.41) is 2.21. The first-order chi connectivity index (χ1) is 7.15. The third kappa shape index (κ3) is 1.55. The Morgan fingerprint density at radius 2 is 2.13 bits per heavy atom. The van der Waals surface area contributed by atoms with Crippen LogP contribution in [0, 0.1) is 6.92 Å². The normalized spacial score (nSPS) is 10.9. The minimum atomic E-state index is 0.0283. The highest BCUT2D eigenvalue weighted by Gasteiger charge is 2.07. The minimum Gasteiger partial charge on any atom is -0.315 e. The van der Waals surface area contributed by atoms with Crippen LogP contribution in [0.5, 0.6) is 0 Å². The molecule has 2 aromatic rings. The molecule has 3 heteroatoms. The van der Waals surface area contributed by atoms with Crippen LogP contribution in [0.25, 0.3) is 10.8 Å². The topological polar surface area (TPSA) is 22.0 Å². The number of rotatable bonds is 1. The first-order valence-electron chi connectivity index (χ1n) is 4.93. The van der Waals surface area contributed by atoms with Crippen molar-refractivity contribution in [2.45, 2.75) is 20.4 Å². The summed E-state index contributed by atoms with van der Waals surface area (Å²) in [5.41, 5.74) is 1.07. The van der Waals surface area contributed by atoms with Crippen molar-refractivity contribution >= 4 is 22.4 Å². The number of hydrogen-bond donors (Lipinski definition) is 0. The van der Waals surface area contributed by atoms with Crippen LogP contribution >= 0.6 is 11.6 Å². The summed E-state index contributed by atoms with van der Waals surface area (Å²) < 4.78 is 1.70. The minimum absolute atomic E-state index is 0.0283. The molecule has 0 saturated carbocycles. The standard InChI is InChI=1S/C12H12ClNO/c1-3-14-7-8(2)11-9(12(14)15)5-4-6-10(11)13/h4-7H,3H2,1-2H3. The summed E-state index contributed by atoms with van der Waals surface area (Å²) in [5.74, 6) is 0. The molecule has 1 heterocycles. The molecule has 0 aliphatic rings. The van der Waals surface area contributed by atoms with E-state index in [1.165, 1.54) is 0 Å². The fourth-order valence-corrected chi connectivity index (χ4v) is 2.17. The van der Waals surface area contributed by atoms with Crippen molar-refractivity contribution in [3.05, 3.63) is 45.3 Å². The third-order valence-corrected chi connectivity index (χ3v) is 2.90. The van der Waals surface area contributed by atoms with Gasteiger partial charge in [-0.15, -0.1) is 0 Å². The molecule has 1 aromatic carbocycles. The van der Waals surface area contributed by atoms with Gasteiger partial charge in [0.1, 0.15) is 0 Å². The van der Waals surface area contributed by atoms with Gasteiger partial charge < -0.3 is 4.57 Å². The second-order valence-corrected chi connectivity index (χ2v) is 3.97. The van der Waals surface area contributed by atoms with Gasteiger partial charge in [0.05, 0.1) is 0 Å². The molecule has 78 valence electrons. The van der Waals surface area contributed by atoms with E-state index in [2.05, 4.69) is 0 Å². The van der Waals surface area contributed by atoms with Gasteiger partial charge in [0.25, 0.3) is 5.56 Å². The summed E-state index contributed by atoms with van der Waals surface area (Å²) in [4.78, 5) is 12.0. The van der Waals surface area contributed by atoms with Crippen molar-refractivity contribution in [3.63, 3.8) is 0 Å². The molecule has 0 fully saturated rings. The number of hydrogen-bond acceptors (Lipinski definition) is 1. The molecule has 0 atom stereocenters. The van der Waals surface area contributed by atoms with Crippen LogP contribution in [0.15, 0.2) is 29.2 Å². The maximum atomic E-state index is 12.0. The van der Waals surface area contributed by atoms with Gasteiger partial charge in [-0.1, -0.05) is 17.7 Å². The van der Waals surface area contributed by atoms with Crippen molar-refractivity contribution < 1.29 is 0 Å². The Bertz CT molecular complexity index is 572. The predicted molar refractivity (Wildman–Crippen MR) is 63.6 cm³/mol. The van der Waals surface area contributed by atoms with E-state index in [1.807, 2.05) is 38.2 Å². The van der Waals surface area contributed by atoms with Gasteiger partial charge in [0.2, 0.25) is 0 Å². The number of nitrogens with zero attached hydrogens (tertiary/aromatic N) is 1. The van der Waals surface area contributed by atoms with E-state index in [1.54, 1.807) is 4.57 Å². The highest BCUT2D eigenvalue weighted by molar-refractivity contribution is 6.35. The second-order valence-electron chi connectivity index (χ2n) is 3.57. The molecule has 0 bridgehead atoms. The number of pyridine rings is 1. The fraction of sp³-hybridized carbons (Fsp3) is 0.250. The first kappa shape index (κ1) is 10.2. The quantitative estimate of drug-likeness (QED) is 0.726. The first-order valence-corrected chi connectivity index (χ1v) is 5.31. The van der Waals surface area contributed by atoms with Crippen molar-refractivity contribution in [3.8, 4) is 0 Å². The number of benzene rings is 1. The molecule has 0 N–H and O–H groups in total. The molecular formula is C12H12ClNO. The molecule has 0 amide bonds. The van der Waals surface area contributed by atoms with Crippen LogP contribution in [-0.2, 0) is 6.54 Å². The van der Waals surface area contributed by atoms with Crippen LogP contribution in [0.4, 0.5) is 0 Å². The molecule has 2 rings (SSSR count). The van der Waals surface area contributed by atoms with Gasteiger partial charge in [-0.3, -0.25) is 4.79 Å². The summed E-state index contributed by atoms with van der Waals surface area (Å²) >= 11 is 6.08. The van der Waals surface area contributed by atoms with Crippen LogP contribution in [0.1, 0.15) is 12.5 Å². The molecule has 0 aliphatic heterocycles. The Morgan fingerprint density at radius 1 is 1.40 bits per heavy atom. The maximum Gasteiger partial charge on any atom is 0.258 e. The average Bonchev–Trinajstić information content (AvgIpc) is 2.23. The zero-order valence-electron chi connectivity index (χ0n) is 8.75. The van der Waals surface area contributed by atoms with E-state index >= 15 is 0 Å². The van der Waals surface area contributed by atoms with Crippen molar-refractivity contribution in [2.24, 2.45) is 0 Å². The number of aromatic nitrogens is 1. The van der Waals surface area contributed by atoms with Crippen LogP contribution in [0.3, 0.4) is 0 Å². The Labute approximate surface area is 93.1 Å². The lowest BCUT2D eigenvalue weighted by molar-refractivity contribution is 0.731. The number of fused-ring (bicyclic) bond motifs is 1. The Hall–Kier alpha value is -1.28. The fourth-order valence-electron chi connectivity index (χ4n) is 1.85. The largest absolute Gasteiger partial charge is 0.315 e. The van der Waals surface area contributed by atoms with E-state index in [9.17, 15) is 4.79 Å². The molecule has 15 heavy (non-hydrogen) atoms. The number of aryl methyl sites for hydroxylation is 2. The molecule has 0 radical (unpaired) electrons. The highest BCUT2D eigenvalue weighted by Crippen LogP contribution is 2.23. The molecule has 0 unspecified atom stereocenters. The molecule has 2 nitrogen and oxygen atoms in total. The Kier molecular flexibility index (Phi) is 2.53. The summed E-state index contributed by atoms with van der Waals surface area (Å²) in [6.45, 7) is 4.61. The SMILES string of the molecule is CCn1cc(C)c2c(Cl)cccc2c1=O. The van der Waals surface area contributed by atoms with E-state index < -0.39 is 0 Å². The summed E-state index contributed by atoms with van der Waals surface area (Å²) in [6, 6.07) is 5.45. The third-order valence-electron chi connectivity index (χ3n) is 2.59. The van der Waals surface area contributed by atoms with Gasteiger partial charge in [0.15, 0.2) is 0 Å². The zero-order chi connectivity index (χ0) is 11.0. The maximum absolute atomic E-state index is 12.0. The van der Waals surface area contributed by atoms with Gasteiger partial charge in [-0.25, -0.2) is 0 Å². The zero-order valence-corrected chi connectivity index (χ0v) is 9.51. The van der Waals surface area contributed by atoms with Gasteiger partial charge in [0, 0.05) is 28.5 Å². The molecular weight excluding hydrogens is 210 g/mol. The number of halogens is 1. The predicted octanol–water partition coefficient (Wildman–Crippen LogP) is 2.98. The highest BCUT2D eigenvalue weighted by atomic mass is 35.5. The molecule has 0 saturated heterocycles. The van der Waals surface area contributed by atoms with Crippen molar-refractivity contribution in [1.82, 2.24) is 4.57 Å². The van der Waals surface area contributed by atoms with Crippen LogP contribution < -0.4 is 5.56 Å². The molecule has 0 aliphatic carbocycles.